The monoisotopic (exact) mass is 390 g/mol. The van der Waals surface area contributed by atoms with Gasteiger partial charge in [-0.15, -0.1) is 0 Å². The molecule has 144 valence electrons. The van der Waals surface area contributed by atoms with Crippen molar-refractivity contribution in [3.63, 3.8) is 0 Å². The maximum atomic E-state index is 12.1. The molecule has 1 N–H and O–H groups in total. The molecule has 2 amide bonds. The number of hydrogen-bond acceptors (Lipinski definition) is 6. The van der Waals surface area contributed by atoms with E-state index in [0.29, 0.717) is 23.1 Å². The number of benzene rings is 3. The number of non-ortho nitro benzene ring substituents is 1. The quantitative estimate of drug-likeness (QED) is 0.316. The summed E-state index contributed by atoms with van der Waals surface area (Å²) in [7, 11) is 0. The molecule has 4 rings (SSSR count). The van der Waals surface area contributed by atoms with Gasteiger partial charge in [-0.1, -0.05) is 30.3 Å². The van der Waals surface area contributed by atoms with Crippen LogP contribution in [0.2, 0.25) is 0 Å². The highest BCUT2D eigenvalue weighted by molar-refractivity contribution is 6.34. The third kappa shape index (κ3) is 3.86. The Labute approximate surface area is 164 Å². The van der Waals surface area contributed by atoms with Crippen molar-refractivity contribution in [2.75, 3.05) is 4.90 Å². The van der Waals surface area contributed by atoms with E-state index in [0.717, 1.165) is 18.2 Å². The SMILES string of the molecule is O=C1c2ccccc2C(=O)N1c1ccccc1.O=Cc1cc([N+](=O)[O-])ccc1O. The Morgan fingerprint density at radius 1 is 0.862 bits per heavy atom. The highest BCUT2D eigenvalue weighted by atomic mass is 16.6. The lowest BCUT2D eigenvalue weighted by Gasteiger charge is -2.13. The predicted octanol–water partition coefficient (Wildman–Crippen LogP) is 3.60. The van der Waals surface area contributed by atoms with Gasteiger partial charge in [0.2, 0.25) is 0 Å². The molecule has 0 bridgehead atoms. The van der Waals surface area contributed by atoms with Crippen LogP contribution in [0.5, 0.6) is 5.75 Å². The van der Waals surface area contributed by atoms with Gasteiger partial charge >= 0.3 is 0 Å². The van der Waals surface area contributed by atoms with Crippen molar-refractivity contribution in [1.82, 2.24) is 0 Å². The second kappa shape index (κ2) is 8.13. The molecule has 0 fully saturated rings. The summed E-state index contributed by atoms with van der Waals surface area (Å²) in [6.07, 6.45) is 0.363. The number of anilines is 1. The number of carbonyl (C=O) groups excluding carboxylic acids is 3. The third-order valence-electron chi connectivity index (χ3n) is 4.16. The van der Waals surface area contributed by atoms with Crippen LogP contribution in [-0.2, 0) is 0 Å². The van der Waals surface area contributed by atoms with Gasteiger partial charge in [-0.05, 0) is 30.3 Å². The van der Waals surface area contributed by atoms with Crippen LogP contribution in [0.25, 0.3) is 0 Å². The first-order chi connectivity index (χ1) is 13.9. The van der Waals surface area contributed by atoms with Crippen molar-refractivity contribution in [3.05, 3.63) is 99.6 Å². The number of imide groups is 1. The molecule has 0 saturated heterocycles. The van der Waals surface area contributed by atoms with Gasteiger partial charge in [0.05, 0.1) is 27.3 Å². The lowest BCUT2D eigenvalue weighted by Crippen LogP contribution is -2.29. The molecule has 0 radical (unpaired) electrons. The van der Waals surface area contributed by atoms with Crippen LogP contribution in [0.1, 0.15) is 31.1 Å². The van der Waals surface area contributed by atoms with Crippen LogP contribution in [0.4, 0.5) is 11.4 Å². The molecule has 1 aliphatic heterocycles. The highest BCUT2D eigenvalue weighted by Crippen LogP contribution is 2.27. The van der Waals surface area contributed by atoms with E-state index >= 15 is 0 Å². The van der Waals surface area contributed by atoms with E-state index in [1.54, 1.807) is 48.5 Å². The maximum Gasteiger partial charge on any atom is 0.270 e. The highest BCUT2D eigenvalue weighted by Gasteiger charge is 2.35. The van der Waals surface area contributed by atoms with Gasteiger partial charge in [0.25, 0.3) is 17.5 Å². The van der Waals surface area contributed by atoms with Crippen molar-refractivity contribution >= 4 is 29.5 Å². The summed E-state index contributed by atoms with van der Waals surface area (Å²) < 4.78 is 0. The standard InChI is InChI=1S/C14H9NO2.C7H5NO4/c16-13-11-8-4-5-9-12(11)14(17)15(13)10-6-2-1-3-7-10;9-4-5-3-6(8(11)12)1-2-7(5)10/h1-9H;1-4,10H. The molecule has 0 saturated carbocycles. The molecular formula is C21H14N2O6. The zero-order valence-electron chi connectivity index (χ0n) is 14.9. The Hall–Kier alpha value is -4.33. The minimum absolute atomic E-state index is 0.0794. The van der Waals surface area contributed by atoms with Gasteiger partial charge in [0.1, 0.15) is 5.75 Å². The van der Waals surface area contributed by atoms with Crippen LogP contribution in [0, 0.1) is 10.1 Å². The average molecular weight is 390 g/mol. The van der Waals surface area contributed by atoms with Gasteiger partial charge in [0.15, 0.2) is 6.29 Å². The van der Waals surface area contributed by atoms with E-state index in [9.17, 15) is 24.5 Å². The number of hydrogen-bond donors (Lipinski definition) is 1. The third-order valence-corrected chi connectivity index (χ3v) is 4.16. The van der Waals surface area contributed by atoms with Crippen molar-refractivity contribution in [1.29, 1.82) is 0 Å². The normalized spacial score (nSPS) is 12.1. The van der Waals surface area contributed by atoms with Crippen LogP contribution >= 0.6 is 0 Å². The first kappa shape index (κ1) is 19.4. The molecule has 0 aromatic heterocycles. The fraction of sp³-hybridized carbons (Fsp3) is 0. The van der Waals surface area contributed by atoms with E-state index in [1.165, 1.54) is 4.90 Å². The number of nitro benzene ring substituents is 1. The van der Waals surface area contributed by atoms with Crippen molar-refractivity contribution < 1.29 is 24.4 Å². The Kier molecular flexibility index (Phi) is 5.45. The summed E-state index contributed by atoms with van der Waals surface area (Å²) in [5.74, 6) is -0.760. The average Bonchev–Trinajstić information content (AvgIpc) is 3.00. The van der Waals surface area contributed by atoms with Crippen molar-refractivity contribution in [2.24, 2.45) is 0 Å². The van der Waals surface area contributed by atoms with Crippen LogP contribution in [0.15, 0.2) is 72.8 Å². The van der Waals surface area contributed by atoms with Crippen LogP contribution in [-0.4, -0.2) is 28.1 Å². The minimum Gasteiger partial charge on any atom is -0.507 e. The van der Waals surface area contributed by atoms with Crippen molar-refractivity contribution in [3.8, 4) is 5.75 Å². The van der Waals surface area contributed by atoms with Gasteiger partial charge in [-0.25, -0.2) is 4.90 Å². The minimum atomic E-state index is -0.633. The molecule has 1 heterocycles. The first-order valence-corrected chi connectivity index (χ1v) is 8.39. The number of phenols is 1. The molecule has 0 atom stereocenters. The van der Waals surface area contributed by atoms with Gasteiger partial charge in [0, 0.05) is 12.1 Å². The topological polar surface area (TPSA) is 118 Å². The van der Waals surface area contributed by atoms with E-state index in [1.807, 2.05) is 6.07 Å². The maximum absolute atomic E-state index is 12.1. The smallest absolute Gasteiger partial charge is 0.270 e. The second-order valence-corrected chi connectivity index (χ2v) is 5.94. The second-order valence-electron chi connectivity index (χ2n) is 5.94. The molecule has 3 aromatic rings. The molecule has 3 aromatic carbocycles. The molecule has 0 aliphatic carbocycles. The fourth-order valence-corrected chi connectivity index (χ4v) is 2.75. The number of phenolic OH excluding ortho intramolecular Hbond substituents is 1. The first-order valence-electron chi connectivity index (χ1n) is 8.39. The number of carbonyl (C=O) groups is 3. The van der Waals surface area contributed by atoms with E-state index in [2.05, 4.69) is 0 Å². The molecule has 0 unspecified atom stereocenters. The molecular weight excluding hydrogens is 376 g/mol. The Bertz CT molecular complexity index is 1080. The lowest BCUT2D eigenvalue weighted by molar-refractivity contribution is -0.384. The molecule has 8 heteroatoms. The number of rotatable bonds is 3. The van der Waals surface area contributed by atoms with E-state index < -0.39 is 4.92 Å². The Morgan fingerprint density at radius 2 is 1.41 bits per heavy atom. The van der Waals surface area contributed by atoms with Gasteiger partial charge < -0.3 is 5.11 Å². The fourth-order valence-electron chi connectivity index (χ4n) is 2.75. The zero-order chi connectivity index (χ0) is 21.0. The van der Waals surface area contributed by atoms with Gasteiger partial charge in [-0.2, -0.15) is 0 Å². The number of aromatic hydroxyl groups is 1. The number of aldehydes is 1. The molecule has 0 spiro atoms. The number of nitrogens with zero attached hydrogens (tertiary/aromatic N) is 2. The Balaban J connectivity index is 0.000000177. The zero-order valence-corrected chi connectivity index (χ0v) is 14.9. The summed E-state index contributed by atoms with van der Waals surface area (Å²) in [6, 6.07) is 19.1. The summed E-state index contributed by atoms with van der Waals surface area (Å²) >= 11 is 0. The predicted molar refractivity (Wildman–Crippen MR) is 104 cm³/mol. The van der Waals surface area contributed by atoms with Crippen molar-refractivity contribution in [2.45, 2.75) is 0 Å². The molecule has 8 nitrogen and oxygen atoms in total. The van der Waals surface area contributed by atoms with E-state index in [4.69, 9.17) is 5.11 Å². The molecule has 1 aliphatic rings. The molecule has 29 heavy (non-hydrogen) atoms. The van der Waals surface area contributed by atoms with E-state index in [-0.39, 0.29) is 28.8 Å². The number of amides is 2. The summed E-state index contributed by atoms with van der Waals surface area (Å²) in [6.45, 7) is 0. The lowest BCUT2D eigenvalue weighted by atomic mass is 10.1. The number of para-hydroxylation sites is 1. The summed E-state index contributed by atoms with van der Waals surface area (Å²) in [4.78, 5) is 45.2. The van der Waals surface area contributed by atoms with Gasteiger partial charge in [-0.3, -0.25) is 24.5 Å². The Morgan fingerprint density at radius 3 is 1.93 bits per heavy atom. The van der Waals surface area contributed by atoms with Crippen LogP contribution < -0.4 is 4.90 Å². The number of nitro groups is 1. The number of fused-ring (bicyclic) bond motifs is 1. The largest absolute Gasteiger partial charge is 0.507 e. The summed E-state index contributed by atoms with van der Waals surface area (Å²) in [5, 5.41) is 19.2. The summed E-state index contributed by atoms with van der Waals surface area (Å²) in [5.41, 5.74) is 1.26. The van der Waals surface area contributed by atoms with Crippen LogP contribution in [0.3, 0.4) is 0 Å².